The van der Waals surface area contributed by atoms with E-state index < -0.39 is 0 Å². The molecule has 1 aliphatic heterocycles. The highest BCUT2D eigenvalue weighted by atomic mass is 16.5. The summed E-state index contributed by atoms with van der Waals surface area (Å²) in [4.78, 5) is 17.9. The molecule has 6 heteroatoms. The monoisotopic (exact) mass is 344 g/mol. The SMILES string of the molecule is CN(C)C(=O)CN=C(NC1CC1)NC1CC(C)(C)Oc2ccccc21. The van der Waals surface area contributed by atoms with Crippen LogP contribution >= 0.6 is 0 Å². The number of nitrogens with zero attached hydrogens (tertiary/aromatic N) is 2. The van der Waals surface area contributed by atoms with E-state index in [0.29, 0.717) is 12.0 Å². The van der Waals surface area contributed by atoms with Gasteiger partial charge in [-0.3, -0.25) is 4.79 Å². The van der Waals surface area contributed by atoms with E-state index in [1.165, 1.54) is 0 Å². The summed E-state index contributed by atoms with van der Waals surface area (Å²) >= 11 is 0. The van der Waals surface area contributed by atoms with Gasteiger partial charge in [0.15, 0.2) is 5.96 Å². The number of hydrogen-bond acceptors (Lipinski definition) is 3. The quantitative estimate of drug-likeness (QED) is 0.648. The summed E-state index contributed by atoms with van der Waals surface area (Å²) < 4.78 is 6.09. The molecule has 1 saturated carbocycles. The highest BCUT2D eigenvalue weighted by Gasteiger charge is 2.34. The molecule has 1 unspecified atom stereocenters. The molecule has 1 aliphatic carbocycles. The summed E-state index contributed by atoms with van der Waals surface area (Å²) in [6.45, 7) is 4.33. The van der Waals surface area contributed by atoms with Crippen LogP contribution in [0.5, 0.6) is 5.75 Å². The number of benzene rings is 1. The van der Waals surface area contributed by atoms with Gasteiger partial charge in [0.05, 0.1) is 6.04 Å². The van der Waals surface area contributed by atoms with Gasteiger partial charge < -0.3 is 20.3 Å². The fourth-order valence-corrected chi connectivity index (χ4v) is 2.94. The van der Waals surface area contributed by atoms with Crippen molar-refractivity contribution in [3.63, 3.8) is 0 Å². The maximum Gasteiger partial charge on any atom is 0.243 e. The minimum absolute atomic E-state index is 0.00963. The largest absolute Gasteiger partial charge is 0.487 e. The Kier molecular flexibility index (Phi) is 4.88. The Morgan fingerprint density at radius 2 is 2.00 bits per heavy atom. The summed E-state index contributed by atoms with van der Waals surface area (Å²) in [6.07, 6.45) is 3.13. The number of rotatable bonds is 4. The van der Waals surface area contributed by atoms with Crippen molar-refractivity contribution in [2.75, 3.05) is 20.6 Å². The molecular weight excluding hydrogens is 316 g/mol. The van der Waals surface area contributed by atoms with Gasteiger partial charge in [0, 0.05) is 32.1 Å². The van der Waals surface area contributed by atoms with Crippen LogP contribution in [-0.2, 0) is 4.79 Å². The topological polar surface area (TPSA) is 66.0 Å². The molecular formula is C19H28N4O2. The highest BCUT2D eigenvalue weighted by Crippen LogP contribution is 2.39. The average molecular weight is 344 g/mol. The molecule has 6 nitrogen and oxygen atoms in total. The molecule has 1 amide bonds. The Balaban J connectivity index is 1.78. The number of likely N-dealkylation sites (N-methyl/N-ethyl adjacent to an activating group) is 1. The second kappa shape index (κ2) is 6.94. The van der Waals surface area contributed by atoms with Crippen molar-refractivity contribution >= 4 is 11.9 Å². The minimum Gasteiger partial charge on any atom is -0.487 e. The van der Waals surface area contributed by atoms with E-state index in [-0.39, 0.29) is 24.1 Å². The van der Waals surface area contributed by atoms with E-state index in [1.54, 1.807) is 19.0 Å². The molecule has 25 heavy (non-hydrogen) atoms. The Labute approximate surface area is 149 Å². The first kappa shape index (κ1) is 17.6. The summed E-state index contributed by atoms with van der Waals surface area (Å²) in [7, 11) is 3.49. The molecule has 0 aromatic heterocycles. The van der Waals surface area contributed by atoms with Gasteiger partial charge in [0.25, 0.3) is 0 Å². The third-order valence-corrected chi connectivity index (χ3v) is 4.48. The highest BCUT2D eigenvalue weighted by molar-refractivity contribution is 5.85. The maximum absolute atomic E-state index is 11.9. The fraction of sp³-hybridized carbons (Fsp3) is 0.579. The van der Waals surface area contributed by atoms with Gasteiger partial charge in [0.2, 0.25) is 5.91 Å². The molecule has 0 bridgehead atoms. The van der Waals surface area contributed by atoms with Crippen LogP contribution in [0, 0.1) is 0 Å². The van der Waals surface area contributed by atoms with Crippen LogP contribution in [0.2, 0.25) is 0 Å². The summed E-state index contributed by atoms with van der Waals surface area (Å²) in [5, 5.41) is 6.94. The zero-order valence-electron chi connectivity index (χ0n) is 15.5. The first-order chi connectivity index (χ1) is 11.8. The number of guanidine groups is 1. The van der Waals surface area contributed by atoms with Crippen molar-refractivity contribution in [1.82, 2.24) is 15.5 Å². The normalized spacial score (nSPS) is 21.8. The van der Waals surface area contributed by atoms with Crippen LogP contribution in [-0.4, -0.2) is 49.0 Å². The standard InChI is InChI=1S/C19H28N4O2/c1-19(2)11-15(14-7-5-6-8-16(14)25-19)22-18(21-13-9-10-13)20-12-17(24)23(3)4/h5-8,13,15H,9-12H2,1-4H3,(H2,20,21,22). The van der Waals surface area contributed by atoms with E-state index in [0.717, 1.165) is 30.6 Å². The van der Waals surface area contributed by atoms with Gasteiger partial charge in [-0.15, -0.1) is 0 Å². The van der Waals surface area contributed by atoms with Crippen LogP contribution in [0.3, 0.4) is 0 Å². The molecule has 0 radical (unpaired) electrons. The van der Waals surface area contributed by atoms with Crippen molar-refractivity contribution in [3.05, 3.63) is 29.8 Å². The number of para-hydroxylation sites is 1. The van der Waals surface area contributed by atoms with Crippen molar-refractivity contribution in [1.29, 1.82) is 0 Å². The predicted molar refractivity (Wildman–Crippen MR) is 98.8 cm³/mol. The number of amides is 1. The minimum atomic E-state index is -0.254. The van der Waals surface area contributed by atoms with E-state index in [9.17, 15) is 4.79 Å². The number of nitrogens with one attached hydrogen (secondary N) is 2. The summed E-state index contributed by atoms with van der Waals surface area (Å²) in [5.41, 5.74) is 0.877. The molecule has 1 aromatic carbocycles. The molecule has 136 valence electrons. The zero-order chi connectivity index (χ0) is 18.0. The number of fused-ring (bicyclic) bond motifs is 1. The molecule has 1 atom stereocenters. The molecule has 1 heterocycles. The van der Waals surface area contributed by atoms with Gasteiger partial charge >= 0.3 is 0 Å². The van der Waals surface area contributed by atoms with Crippen molar-refractivity contribution in [3.8, 4) is 5.75 Å². The van der Waals surface area contributed by atoms with Gasteiger partial charge in [-0.2, -0.15) is 0 Å². The van der Waals surface area contributed by atoms with Crippen LogP contribution < -0.4 is 15.4 Å². The molecule has 1 fully saturated rings. The smallest absolute Gasteiger partial charge is 0.243 e. The van der Waals surface area contributed by atoms with Crippen LogP contribution in [0.15, 0.2) is 29.3 Å². The van der Waals surface area contributed by atoms with E-state index >= 15 is 0 Å². The summed E-state index contributed by atoms with van der Waals surface area (Å²) in [6, 6.07) is 8.66. The number of ether oxygens (including phenoxy) is 1. The molecule has 0 spiro atoms. The third-order valence-electron chi connectivity index (χ3n) is 4.48. The second-order valence-electron chi connectivity index (χ2n) is 7.67. The number of carbonyl (C=O) groups is 1. The average Bonchev–Trinajstić information content (AvgIpc) is 3.35. The lowest BCUT2D eigenvalue weighted by atomic mass is 9.90. The van der Waals surface area contributed by atoms with Crippen LogP contribution in [0.1, 0.15) is 44.7 Å². The number of aliphatic imine (C=N–C) groups is 1. The molecule has 1 aromatic rings. The molecule has 0 saturated heterocycles. The third kappa shape index (κ3) is 4.65. The van der Waals surface area contributed by atoms with Crippen LogP contribution in [0.25, 0.3) is 0 Å². The number of hydrogen-bond donors (Lipinski definition) is 2. The fourth-order valence-electron chi connectivity index (χ4n) is 2.94. The maximum atomic E-state index is 11.9. The molecule has 3 rings (SSSR count). The van der Waals surface area contributed by atoms with Gasteiger partial charge in [-0.25, -0.2) is 4.99 Å². The Hall–Kier alpha value is -2.24. The number of carbonyl (C=O) groups excluding carboxylic acids is 1. The van der Waals surface area contributed by atoms with Gasteiger partial charge in [0.1, 0.15) is 17.9 Å². The van der Waals surface area contributed by atoms with Crippen molar-refractivity contribution in [2.45, 2.75) is 50.8 Å². The van der Waals surface area contributed by atoms with Crippen LogP contribution in [0.4, 0.5) is 0 Å². The second-order valence-corrected chi connectivity index (χ2v) is 7.67. The first-order valence-corrected chi connectivity index (χ1v) is 8.90. The lowest BCUT2D eigenvalue weighted by Gasteiger charge is -2.38. The van der Waals surface area contributed by atoms with Crippen molar-refractivity contribution < 1.29 is 9.53 Å². The van der Waals surface area contributed by atoms with Crippen molar-refractivity contribution in [2.24, 2.45) is 4.99 Å². The first-order valence-electron chi connectivity index (χ1n) is 8.90. The van der Waals surface area contributed by atoms with Gasteiger partial charge in [-0.05, 0) is 32.8 Å². The summed E-state index contributed by atoms with van der Waals surface area (Å²) in [5.74, 6) is 1.60. The molecule has 2 aliphatic rings. The Morgan fingerprint density at radius 1 is 1.28 bits per heavy atom. The zero-order valence-corrected chi connectivity index (χ0v) is 15.5. The molecule has 2 N–H and O–H groups in total. The van der Waals surface area contributed by atoms with Gasteiger partial charge in [-0.1, -0.05) is 18.2 Å². The van der Waals surface area contributed by atoms with E-state index in [4.69, 9.17) is 4.74 Å². The predicted octanol–water partition coefficient (Wildman–Crippen LogP) is 2.07. The Bertz CT molecular complexity index is 665. The lowest BCUT2D eigenvalue weighted by molar-refractivity contribution is -0.127. The van der Waals surface area contributed by atoms with E-state index in [2.05, 4.69) is 35.5 Å². The van der Waals surface area contributed by atoms with E-state index in [1.807, 2.05) is 18.2 Å². The lowest BCUT2D eigenvalue weighted by Crippen LogP contribution is -2.46. The Morgan fingerprint density at radius 3 is 2.68 bits per heavy atom.